The Balaban J connectivity index is 2.21. The molecule has 1 fully saturated rings. The van der Waals surface area contributed by atoms with E-state index in [2.05, 4.69) is 5.32 Å². The minimum atomic E-state index is -0.344. The van der Waals surface area contributed by atoms with Crippen LogP contribution >= 0.6 is 0 Å². The van der Waals surface area contributed by atoms with Gasteiger partial charge in [0.05, 0.1) is 5.56 Å². The number of hydrogen-bond acceptors (Lipinski definition) is 3. The summed E-state index contributed by atoms with van der Waals surface area (Å²) in [5, 5.41) is 21.5. The lowest BCUT2D eigenvalue weighted by Crippen LogP contribution is -2.34. The fourth-order valence-electron chi connectivity index (χ4n) is 1.36. The predicted molar refractivity (Wildman–Crippen MR) is 54.9 cm³/mol. The largest absolute Gasteiger partial charge is 0.508 e. The first kappa shape index (κ1) is 9.83. The van der Waals surface area contributed by atoms with Crippen molar-refractivity contribution in [2.45, 2.75) is 25.3 Å². The normalized spacial score (nSPS) is 17.1. The van der Waals surface area contributed by atoms with Crippen LogP contribution in [0.1, 0.15) is 30.1 Å². The van der Waals surface area contributed by atoms with Gasteiger partial charge in [-0.2, -0.15) is 0 Å². The highest BCUT2D eigenvalue weighted by Gasteiger charge is 2.39. The second kappa shape index (κ2) is 3.15. The summed E-state index contributed by atoms with van der Waals surface area (Å²) in [4.78, 5) is 11.7. The number of hydrogen-bond donors (Lipinski definition) is 3. The molecule has 0 saturated heterocycles. The molecule has 0 unspecified atom stereocenters. The third-order valence-electron chi connectivity index (χ3n) is 2.64. The Labute approximate surface area is 87.6 Å². The van der Waals surface area contributed by atoms with E-state index in [1.165, 1.54) is 18.2 Å². The van der Waals surface area contributed by atoms with E-state index in [0.29, 0.717) is 0 Å². The topological polar surface area (TPSA) is 69.6 Å². The molecule has 1 saturated carbocycles. The monoisotopic (exact) mass is 207 g/mol. The van der Waals surface area contributed by atoms with Crippen molar-refractivity contribution in [3.63, 3.8) is 0 Å². The first-order chi connectivity index (χ1) is 7.00. The Morgan fingerprint density at radius 2 is 2.07 bits per heavy atom. The van der Waals surface area contributed by atoms with Crippen LogP contribution in [0.25, 0.3) is 0 Å². The molecule has 1 aliphatic carbocycles. The van der Waals surface area contributed by atoms with Crippen LogP contribution in [0.3, 0.4) is 0 Å². The lowest BCUT2D eigenvalue weighted by atomic mass is 10.1. The number of amides is 1. The van der Waals surface area contributed by atoms with Gasteiger partial charge < -0.3 is 15.5 Å². The van der Waals surface area contributed by atoms with Crippen molar-refractivity contribution in [1.29, 1.82) is 0 Å². The maximum absolute atomic E-state index is 11.7. The van der Waals surface area contributed by atoms with Crippen LogP contribution in [0.4, 0.5) is 0 Å². The molecule has 3 N–H and O–H groups in total. The molecule has 0 atom stereocenters. The fraction of sp³-hybridized carbons (Fsp3) is 0.364. The summed E-state index contributed by atoms with van der Waals surface area (Å²) in [6.07, 6.45) is 1.91. The molecular formula is C11H13NO3. The van der Waals surface area contributed by atoms with Gasteiger partial charge in [0, 0.05) is 5.54 Å². The van der Waals surface area contributed by atoms with Crippen LogP contribution < -0.4 is 5.32 Å². The zero-order chi connectivity index (χ0) is 11.1. The van der Waals surface area contributed by atoms with Gasteiger partial charge in [-0.05, 0) is 38.0 Å². The second-order valence-corrected chi connectivity index (χ2v) is 4.22. The summed E-state index contributed by atoms with van der Waals surface area (Å²) in [5.41, 5.74) is -0.0160. The first-order valence-electron chi connectivity index (χ1n) is 4.85. The molecule has 1 aliphatic rings. The highest BCUT2D eigenvalue weighted by Crippen LogP contribution is 2.35. The zero-order valence-corrected chi connectivity index (χ0v) is 8.45. The molecule has 0 aliphatic heterocycles. The van der Waals surface area contributed by atoms with Gasteiger partial charge >= 0.3 is 0 Å². The Morgan fingerprint density at radius 3 is 2.67 bits per heavy atom. The van der Waals surface area contributed by atoms with Crippen molar-refractivity contribution < 1.29 is 15.0 Å². The van der Waals surface area contributed by atoms with E-state index in [-0.39, 0.29) is 28.5 Å². The minimum absolute atomic E-state index is 0.0288. The molecule has 15 heavy (non-hydrogen) atoms. The smallest absolute Gasteiger partial charge is 0.255 e. The molecular weight excluding hydrogens is 194 g/mol. The Morgan fingerprint density at radius 1 is 1.40 bits per heavy atom. The third-order valence-corrected chi connectivity index (χ3v) is 2.64. The molecule has 80 valence electrons. The third kappa shape index (κ3) is 2.03. The fourth-order valence-corrected chi connectivity index (χ4v) is 1.36. The summed E-state index contributed by atoms with van der Waals surface area (Å²) < 4.78 is 0. The second-order valence-electron chi connectivity index (χ2n) is 4.22. The summed E-state index contributed by atoms with van der Waals surface area (Å²) in [5.74, 6) is -0.489. The average Bonchev–Trinajstić information content (AvgIpc) is 2.87. The Hall–Kier alpha value is -1.71. The van der Waals surface area contributed by atoms with Gasteiger partial charge in [0.1, 0.15) is 11.5 Å². The highest BCUT2D eigenvalue weighted by molar-refractivity contribution is 5.97. The molecule has 0 radical (unpaired) electrons. The lowest BCUT2D eigenvalue weighted by molar-refractivity contribution is 0.0932. The molecule has 4 heteroatoms. The van der Waals surface area contributed by atoms with Gasteiger partial charge in [0.25, 0.3) is 5.91 Å². The quantitative estimate of drug-likeness (QED) is 0.642. The number of phenolic OH excluding ortho intramolecular Hbond substituents is 2. The SMILES string of the molecule is CC1(NC(=O)c2cc(O)ccc2O)CC1. The van der Waals surface area contributed by atoms with Crippen molar-refractivity contribution in [1.82, 2.24) is 5.32 Å². The number of aromatic hydroxyl groups is 2. The minimum Gasteiger partial charge on any atom is -0.508 e. The highest BCUT2D eigenvalue weighted by atomic mass is 16.3. The van der Waals surface area contributed by atoms with Crippen LogP contribution in [0.15, 0.2) is 18.2 Å². The Bertz CT molecular complexity index is 410. The van der Waals surface area contributed by atoms with Gasteiger partial charge in [-0.25, -0.2) is 0 Å². The molecule has 4 nitrogen and oxygen atoms in total. The van der Waals surface area contributed by atoms with Crippen LogP contribution in [0.5, 0.6) is 11.5 Å². The van der Waals surface area contributed by atoms with Crippen molar-refractivity contribution in [2.24, 2.45) is 0 Å². The van der Waals surface area contributed by atoms with Crippen LogP contribution in [-0.2, 0) is 0 Å². The number of nitrogens with one attached hydrogen (secondary N) is 1. The number of carbonyl (C=O) groups is 1. The van der Waals surface area contributed by atoms with Crippen LogP contribution in [0, 0.1) is 0 Å². The molecule has 1 amide bonds. The lowest BCUT2D eigenvalue weighted by Gasteiger charge is -2.12. The number of rotatable bonds is 2. The molecule has 0 heterocycles. The van der Waals surface area contributed by atoms with E-state index < -0.39 is 0 Å². The first-order valence-corrected chi connectivity index (χ1v) is 4.85. The van der Waals surface area contributed by atoms with E-state index in [1.807, 2.05) is 6.92 Å². The molecule has 0 bridgehead atoms. The van der Waals surface area contributed by atoms with Gasteiger partial charge in [-0.15, -0.1) is 0 Å². The van der Waals surface area contributed by atoms with Crippen molar-refractivity contribution in [2.75, 3.05) is 0 Å². The molecule has 1 aromatic rings. The van der Waals surface area contributed by atoms with Gasteiger partial charge in [-0.3, -0.25) is 4.79 Å². The maximum atomic E-state index is 11.7. The van der Waals surface area contributed by atoms with Crippen molar-refractivity contribution >= 4 is 5.91 Å². The van der Waals surface area contributed by atoms with E-state index >= 15 is 0 Å². The number of carbonyl (C=O) groups excluding carboxylic acids is 1. The van der Waals surface area contributed by atoms with Gasteiger partial charge in [-0.1, -0.05) is 0 Å². The zero-order valence-electron chi connectivity index (χ0n) is 8.45. The van der Waals surface area contributed by atoms with E-state index in [9.17, 15) is 15.0 Å². The molecule has 2 rings (SSSR count). The van der Waals surface area contributed by atoms with Gasteiger partial charge in [0.2, 0.25) is 0 Å². The molecule has 1 aromatic carbocycles. The standard InChI is InChI=1S/C11H13NO3/c1-11(4-5-11)12-10(15)8-6-7(13)2-3-9(8)14/h2-3,6,13-14H,4-5H2,1H3,(H,12,15). The predicted octanol–water partition coefficient (Wildman–Crippen LogP) is 1.38. The van der Waals surface area contributed by atoms with E-state index in [1.54, 1.807) is 0 Å². The maximum Gasteiger partial charge on any atom is 0.255 e. The number of phenols is 2. The van der Waals surface area contributed by atoms with Crippen molar-refractivity contribution in [3.8, 4) is 11.5 Å². The van der Waals surface area contributed by atoms with Crippen molar-refractivity contribution in [3.05, 3.63) is 23.8 Å². The number of benzene rings is 1. The summed E-state index contributed by atoms with van der Waals surface area (Å²) in [7, 11) is 0. The van der Waals surface area contributed by atoms with Gasteiger partial charge in [0.15, 0.2) is 0 Å². The van der Waals surface area contributed by atoms with Crippen LogP contribution in [-0.4, -0.2) is 21.7 Å². The Kier molecular flexibility index (Phi) is 2.07. The molecule has 0 aromatic heterocycles. The summed E-state index contributed by atoms with van der Waals surface area (Å²) in [6, 6.07) is 3.90. The van der Waals surface area contributed by atoms with E-state index in [4.69, 9.17) is 0 Å². The summed E-state index contributed by atoms with van der Waals surface area (Å²) >= 11 is 0. The average molecular weight is 207 g/mol. The van der Waals surface area contributed by atoms with E-state index in [0.717, 1.165) is 12.8 Å². The summed E-state index contributed by atoms with van der Waals surface area (Å²) in [6.45, 7) is 1.95. The molecule has 0 spiro atoms. The van der Waals surface area contributed by atoms with Crippen LogP contribution in [0.2, 0.25) is 0 Å².